The quantitative estimate of drug-likeness (QED) is 0.668. The summed E-state index contributed by atoms with van der Waals surface area (Å²) in [5.41, 5.74) is 2.96. The predicted molar refractivity (Wildman–Crippen MR) is 87.4 cm³/mol. The highest BCUT2D eigenvalue weighted by molar-refractivity contribution is 5.89. The van der Waals surface area contributed by atoms with E-state index in [1.165, 1.54) is 29.8 Å². The SMILES string of the molecule is O=C(Nc1ccc([N+](=O)[O-])cc1)NC1CCCc2ccccc21. The van der Waals surface area contributed by atoms with E-state index in [-0.39, 0.29) is 17.8 Å². The Hall–Kier alpha value is -2.89. The summed E-state index contributed by atoms with van der Waals surface area (Å²) in [6.45, 7) is 0. The zero-order chi connectivity index (χ0) is 16.2. The van der Waals surface area contributed by atoms with Gasteiger partial charge in [0.15, 0.2) is 0 Å². The summed E-state index contributed by atoms with van der Waals surface area (Å²) in [4.78, 5) is 22.3. The molecule has 0 radical (unpaired) electrons. The molecule has 0 bridgehead atoms. The molecule has 0 saturated carbocycles. The standard InChI is InChI=1S/C17H17N3O3/c21-17(18-13-8-10-14(11-9-13)20(22)23)19-16-7-3-5-12-4-1-2-6-15(12)16/h1-2,4,6,8-11,16H,3,5,7H2,(H2,18,19,21). The van der Waals surface area contributed by atoms with Gasteiger partial charge in [0.05, 0.1) is 11.0 Å². The van der Waals surface area contributed by atoms with E-state index >= 15 is 0 Å². The van der Waals surface area contributed by atoms with Crippen LogP contribution in [-0.2, 0) is 6.42 Å². The Bertz CT molecular complexity index is 728. The number of non-ortho nitro benzene ring substituents is 1. The third-order valence-corrected chi connectivity index (χ3v) is 4.01. The highest BCUT2D eigenvalue weighted by Gasteiger charge is 2.21. The molecule has 1 atom stereocenters. The van der Waals surface area contributed by atoms with E-state index in [0.29, 0.717) is 5.69 Å². The van der Waals surface area contributed by atoms with Crippen LogP contribution in [0.5, 0.6) is 0 Å². The summed E-state index contributed by atoms with van der Waals surface area (Å²) in [7, 11) is 0. The molecule has 0 spiro atoms. The number of anilines is 1. The molecule has 1 aliphatic rings. The lowest BCUT2D eigenvalue weighted by molar-refractivity contribution is -0.384. The van der Waals surface area contributed by atoms with E-state index in [4.69, 9.17) is 0 Å². The Kier molecular flexibility index (Phi) is 4.23. The first-order chi connectivity index (χ1) is 11.1. The average molecular weight is 311 g/mol. The first-order valence-electron chi connectivity index (χ1n) is 7.53. The van der Waals surface area contributed by atoms with Crippen LogP contribution in [0.1, 0.15) is 30.0 Å². The van der Waals surface area contributed by atoms with Gasteiger partial charge in [0, 0.05) is 17.8 Å². The van der Waals surface area contributed by atoms with Crippen LogP contribution in [0.3, 0.4) is 0 Å². The molecule has 0 aromatic heterocycles. The molecule has 23 heavy (non-hydrogen) atoms. The third-order valence-electron chi connectivity index (χ3n) is 4.01. The number of urea groups is 1. The number of rotatable bonds is 3. The molecule has 0 heterocycles. The molecule has 2 N–H and O–H groups in total. The largest absolute Gasteiger partial charge is 0.331 e. The molecular formula is C17H17N3O3. The number of fused-ring (bicyclic) bond motifs is 1. The molecule has 0 aliphatic heterocycles. The van der Waals surface area contributed by atoms with Gasteiger partial charge in [0.25, 0.3) is 5.69 Å². The number of nitrogens with one attached hydrogen (secondary N) is 2. The van der Waals surface area contributed by atoms with Crippen molar-refractivity contribution in [2.24, 2.45) is 0 Å². The second kappa shape index (κ2) is 6.48. The van der Waals surface area contributed by atoms with Gasteiger partial charge >= 0.3 is 6.03 Å². The predicted octanol–water partition coefficient (Wildman–Crippen LogP) is 3.79. The van der Waals surface area contributed by atoms with E-state index in [2.05, 4.69) is 16.7 Å². The van der Waals surface area contributed by atoms with Crippen LogP contribution in [0.25, 0.3) is 0 Å². The minimum Gasteiger partial charge on any atom is -0.331 e. The molecule has 0 fully saturated rings. The molecule has 6 heteroatoms. The number of hydrogen-bond donors (Lipinski definition) is 2. The zero-order valence-electron chi connectivity index (χ0n) is 12.5. The monoisotopic (exact) mass is 311 g/mol. The van der Waals surface area contributed by atoms with Gasteiger partial charge in [0.2, 0.25) is 0 Å². The van der Waals surface area contributed by atoms with Crippen LogP contribution in [0.2, 0.25) is 0 Å². The summed E-state index contributed by atoms with van der Waals surface area (Å²) in [6.07, 6.45) is 2.99. The van der Waals surface area contributed by atoms with Gasteiger partial charge in [-0.05, 0) is 42.5 Å². The molecule has 2 aromatic rings. The van der Waals surface area contributed by atoms with E-state index in [0.717, 1.165) is 24.8 Å². The molecule has 1 aliphatic carbocycles. The molecule has 6 nitrogen and oxygen atoms in total. The summed E-state index contributed by atoms with van der Waals surface area (Å²) < 4.78 is 0. The summed E-state index contributed by atoms with van der Waals surface area (Å²) in [5, 5.41) is 16.3. The fourth-order valence-electron chi connectivity index (χ4n) is 2.90. The maximum Gasteiger partial charge on any atom is 0.319 e. The highest BCUT2D eigenvalue weighted by atomic mass is 16.6. The van der Waals surface area contributed by atoms with Crippen molar-refractivity contribution in [3.8, 4) is 0 Å². The third kappa shape index (κ3) is 3.48. The van der Waals surface area contributed by atoms with Gasteiger partial charge in [-0.25, -0.2) is 4.79 Å². The highest BCUT2D eigenvalue weighted by Crippen LogP contribution is 2.29. The maximum atomic E-state index is 12.2. The number of carbonyl (C=O) groups is 1. The number of hydrogen-bond acceptors (Lipinski definition) is 3. The van der Waals surface area contributed by atoms with Crippen LogP contribution in [-0.4, -0.2) is 11.0 Å². The van der Waals surface area contributed by atoms with Crippen molar-refractivity contribution in [1.82, 2.24) is 5.32 Å². The van der Waals surface area contributed by atoms with E-state index < -0.39 is 4.92 Å². The molecule has 2 aromatic carbocycles. The number of nitro groups is 1. The van der Waals surface area contributed by atoms with Crippen molar-refractivity contribution in [3.05, 3.63) is 69.8 Å². The van der Waals surface area contributed by atoms with Crippen molar-refractivity contribution in [1.29, 1.82) is 0 Å². The number of benzene rings is 2. The molecule has 118 valence electrons. The second-order valence-corrected chi connectivity index (χ2v) is 5.55. The van der Waals surface area contributed by atoms with E-state index in [9.17, 15) is 14.9 Å². The van der Waals surface area contributed by atoms with Crippen LogP contribution >= 0.6 is 0 Å². The van der Waals surface area contributed by atoms with Gasteiger partial charge in [-0.3, -0.25) is 10.1 Å². The fourth-order valence-corrected chi connectivity index (χ4v) is 2.90. The Morgan fingerprint density at radius 2 is 1.87 bits per heavy atom. The van der Waals surface area contributed by atoms with Gasteiger partial charge in [-0.15, -0.1) is 0 Å². The number of aryl methyl sites for hydroxylation is 1. The number of amides is 2. The lowest BCUT2D eigenvalue weighted by atomic mass is 9.88. The average Bonchev–Trinajstić information content (AvgIpc) is 2.55. The topological polar surface area (TPSA) is 84.3 Å². The van der Waals surface area contributed by atoms with Crippen molar-refractivity contribution >= 4 is 17.4 Å². The van der Waals surface area contributed by atoms with Crippen LogP contribution in [0.4, 0.5) is 16.2 Å². The van der Waals surface area contributed by atoms with Crippen molar-refractivity contribution in [3.63, 3.8) is 0 Å². The number of nitrogens with zero attached hydrogens (tertiary/aromatic N) is 1. The first kappa shape index (κ1) is 15.0. The lowest BCUT2D eigenvalue weighted by Gasteiger charge is -2.26. The van der Waals surface area contributed by atoms with E-state index in [1.54, 1.807) is 0 Å². The Morgan fingerprint density at radius 3 is 2.61 bits per heavy atom. The summed E-state index contributed by atoms with van der Waals surface area (Å²) >= 11 is 0. The van der Waals surface area contributed by atoms with Gasteiger partial charge < -0.3 is 10.6 Å². The smallest absolute Gasteiger partial charge is 0.319 e. The number of carbonyl (C=O) groups excluding carboxylic acids is 1. The normalized spacial score (nSPS) is 16.3. The number of nitro benzene ring substituents is 1. The minimum absolute atomic E-state index is 0.00185. The molecule has 3 rings (SSSR count). The second-order valence-electron chi connectivity index (χ2n) is 5.55. The minimum atomic E-state index is -0.469. The Morgan fingerprint density at radius 1 is 1.13 bits per heavy atom. The Balaban J connectivity index is 1.65. The van der Waals surface area contributed by atoms with Crippen molar-refractivity contribution in [2.45, 2.75) is 25.3 Å². The fraction of sp³-hybridized carbons (Fsp3) is 0.235. The maximum absolute atomic E-state index is 12.2. The van der Waals surface area contributed by atoms with Crippen LogP contribution in [0, 0.1) is 10.1 Å². The molecular weight excluding hydrogens is 294 g/mol. The van der Waals surface area contributed by atoms with Crippen molar-refractivity contribution < 1.29 is 9.72 Å². The van der Waals surface area contributed by atoms with Gasteiger partial charge in [-0.1, -0.05) is 24.3 Å². The zero-order valence-corrected chi connectivity index (χ0v) is 12.5. The first-order valence-corrected chi connectivity index (χ1v) is 7.53. The Labute approximate surface area is 133 Å². The molecule has 1 unspecified atom stereocenters. The van der Waals surface area contributed by atoms with E-state index in [1.807, 2.05) is 18.2 Å². The molecule has 0 saturated heterocycles. The summed E-state index contributed by atoms with van der Waals surface area (Å²) in [6, 6.07) is 13.6. The van der Waals surface area contributed by atoms with Gasteiger partial charge in [0.1, 0.15) is 0 Å². The van der Waals surface area contributed by atoms with Crippen molar-refractivity contribution in [2.75, 3.05) is 5.32 Å². The summed E-state index contributed by atoms with van der Waals surface area (Å²) in [5.74, 6) is 0. The molecule has 2 amide bonds. The van der Waals surface area contributed by atoms with Crippen LogP contribution < -0.4 is 10.6 Å². The lowest BCUT2D eigenvalue weighted by Crippen LogP contribution is -2.34. The van der Waals surface area contributed by atoms with Gasteiger partial charge in [-0.2, -0.15) is 0 Å². The van der Waals surface area contributed by atoms with Crippen LogP contribution in [0.15, 0.2) is 48.5 Å².